The van der Waals surface area contributed by atoms with Gasteiger partial charge in [-0.15, -0.1) is 0 Å². The first-order valence-electron chi connectivity index (χ1n) is 9.34. The standard InChI is InChI=1S/C21H19ClFN3O4/c1-28-17-8-6-12(11-18(17)29-2)19-24-20(30-25-19)16-4-3-9-26(16)21(27)13-5-7-15(23)14(22)10-13/h5-8,10-11,16H,3-4,9H2,1-2H3/t16-/m0/s1. The number of aromatic nitrogens is 2. The van der Waals surface area contributed by atoms with E-state index in [1.807, 2.05) is 0 Å². The fraction of sp³-hybridized carbons (Fsp3) is 0.286. The van der Waals surface area contributed by atoms with Gasteiger partial charge in [0.25, 0.3) is 5.91 Å². The molecule has 1 fully saturated rings. The molecule has 0 saturated carbocycles. The monoisotopic (exact) mass is 431 g/mol. The largest absolute Gasteiger partial charge is 0.493 e. The van der Waals surface area contributed by atoms with Crippen LogP contribution in [-0.4, -0.2) is 41.7 Å². The maximum absolute atomic E-state index is 13.4. The Morgan fingerprint density at radius 1 is 1.20 bits per heavy atom. The number of hydrogen-bond acceptors (Lipinski definition) is 6. The number of likely N-dealkylation sites (tertiary alicyclic amines) is 1. The van der Waals surface area contributed by atoms with Gasteiger partial charge in [-0.25, -0.2) is 4.39 Å². The molecular formula is C21H19ClFN3O4. The zero-order chi connectivity index (χ0) is 21.3. The minimum absolute atomic E-state index is 0.0925. The average Bonchev–Trinajstić information content (AvgIpc) is 3.44. The summed E-state index contributed by atoms with van der Waals surface area (Å²) in [4.78, 5) is 19.1. The number of ether oxygens (including phenoxy) is 2. The van der Waals surface area contributed by atoms with Gasteiger partial charge >= 0.3 is 0 Å². The summed E-state index contributed by atoms with van der Waals surface area (Å²) in [5.74, 6) is 1.05. The molecule has 7 nitrogen and oxygen atoms in total. The highest BCUT2D eigenvalue weighted by Crippen LogP contribution is 2.35. The van der Waals surface area contributed by atoms with Gasteiger partial charge in [0.15, 0.2) is 11.5 Å². The van der Waals surface area contributed by atoms with Crippen molar-refractivity contribution in [1.29, 1.82) is 0 Å². The van der Waals surface area contributed by atoms with Crippen LogP contribution in [0.5, 0.6) is 11.5 Å². The van der Waals surface area contributed by atoms with Crippen LogP contribution in [0, 0.1) is 5.82 Å². The van der Waals surface area contributed by atoms with E-state index in [1.165, 1.54) is 18.2 Å². The molecule has 0 spiro atoms. The first kappa shape index (κ1) is 20.2. The van der Waals surface area contributed by atoms with Crippen molar-refractivity contribution in [2.75, 3.05) is 20.8 Å². The van der Waals surface area contributed by atoms with Crippen molar-refractivity contribution in [2.24, 2.45) is 0 Å². The number of nitrogens with zero attached hydrogens (tertiary/aromatic N) is 3. The van der Waals surface area contributed by atoms with E-state index in [-0.39, 0.29) is 17.0 Å². The Morgan fingerprint density at radius 2 is 2.00 bits per heavy atom. The molecule has 1 saturated heterocycles. The molecule has 30 heavy (non-hydrogen) atoms. The Balaban J connectivity index is 1.59. The van der Waals surface area contributed by atoms with Crippen LogP contribution in [0.3, 0.4) is 0 Å². The van der Waals surface area contributed by atoms with E-state index < -0.39 is 5.82 Å². The lowest BCUT2D eigenvalue weighted by molar-refractivity contribution is 0.0710. The predicted molar refractivity (Wildman–Crippen MR) is 107 cm³/mol. The minimum Gasteiger partial charge on any atom is -0.493 e. The van der Waals surface area contributed by atoms with Crippen molar-refractivity contribution in [1.82, 2.24) is 15.0 Å². The Labute approximate surface area is 177 Å². The van der Waals surface area contributed by atoms with E-state index in [1.54, 1.807) is 37.3 Å². The van der Waals surface area contributed by atoms with Gasteiger partial charge in [-0.05, 0) is 49.2 Å². The van der Waals surface area contributed by atoms with Crippen LogP contribution in [0.25, 0.3) is 11.4 Å². The lowest BCUT2D eigenvalue weighted by Gasteiger charge is -2.22. The highest BCUT2D eigenvalue weighted by Gasteiger charge is 2.35. The van der Waals surface area contributed by atoms with E-state index in [4.69, 9.17) is 25.6 Å². The third-order valence-corrected chi connectivity index (χ3v) is 5.34. The zero-order valence-electron chi connectivity index (χ0n) is 16.4. The first-order valence-corrected chi connectivity index (χ1v) is 9.71. The Kier molecular flexibility index (Phi) is 5.59. The number of benzene rings is 2. The highest BCUT2D eigenvalue weighted by atomic mass is 35.5. The van der Waals surface area contributed by atoms with Gasteiger partial charge in [-0.1, -0.05) is 16.8 Å². The summed E-state index contributed by atoms with van der Waals surface area (Å²) in [5, 5.41) is 3.97. The number of amides is 1. The predicted octanol–water partition coefficient (Wildman–Crippen LogP) is 4.52. The number of halogens is 2. The summed E-state index contributed by atoms with van der Waals surface area (Å²) < 4.78 is 29.5. The highest BCUT2D eigenvalue weighted by molar-refractivity contribution is 6.31. The summed E-state index contributed by atoms with van der Waals surface area (Å²) >= 11 is 5.83. The molecule has 3 aromatic rings. The molecule has 1 amide bonds. The van der Waals surface area contributed by atoms with Crippen LogP contribution >= 0.6 is 11.6 Å². The van der Waals surface area contributed by atoms with Crippen LogP contribution in [-0.2, 0) is 0 Å². The molecule has 156 valence electrons. The van der Waals surface area contributed by atoms with Gasteiger partial charge in [0, 0.05) is 17.7 Å². The second-order valence-corrected chi connectivity index (χ2v) is 7.22. The summed E-state index contributed by atoms with van der Waals surface area (Å²) in [5.41, 5.74) is 1.01. The minimum atomic E-state index is -0.567. The van der Waals surface area contributed by atoms with E-state index in [2.05, 4.69) is 10.1 Å². The second kappa shape index (κ2) is 8.31. The van der Waals surface area contributed by atoms with Crippen LogP contribution in [0.2, 0.25) is 5.02 Å². The molecule has 1 aliphatic heterocycles. The van der Waals surface area contributed by atoms with E-state index in [0.29, 0.717) is 47.3 Å². The number of carbonyl (C=O) groups excluding carboxylic acids is 1. The Bertz CT molecular complexity index is 1090. The topological polar surface area (TPSA) is 77.7 Å². The fourth-order valence-corrected chi connectivity index (χ4v) is 3.71. The molecule has 0 aliphatic carbocycles. The fourth-order valence-electron chi connectivity index (χ4n) is 3.52. The van der Waals surface area contributed by atoms with Crippen molar-refractivity contribution in [3.8, 4) is 22.9 Å². The van der Waals surface area contributed by atoms with E-state index in [0.717, 1.165) is 6.42 Å². The Hall–Kier alpha value is -3.13. The summed E-state index contributed by atoms with van der Waals surface area (Å²) in [6.45, 7) is 0.534. The summed E-state index contributed by atoms with van der Waals surface area (Å²) in [7, 11) is 3.11. The first-order chi connectivity index (χ1) is 14.5. The van der Waals surface area contributed by atoms with Gasteiger partial charge in [-0.2, -0.15) is 4.98 Å². The second-order valence-electron chi connectivity index (χ2n) is 6.81. The normalized spacial score (nSPS) is 16.0. The molecular weight excluding hydrogens is 413 g/mol. The summed E-state index contributed by atoms with van der Waals surface area (Å²) in [6.07, 6.45) is 1.48. The zero-order valence-corrected chi connectivity index (χ0v) is 17.1. The van der Waals surface area contributed by atoms with E-state index >= 15 is 0 Å². The van der Waals surface area contributed by atoms with E-state index in [9.17, 15) is 9.18 Å². The summed E-state index contributed by atoms with van der Waals surface area (Å²) in [6, 6.07) is 8.89. The van der Waals surface area contributed by atoms with Crippen molar-refractivity contribution < 1.29 is 23.2 Å². The lowest BCUT2D eigenvalue weighted by atomic mass is 10.1. The molecule has 2 aromatic carbocycles. The molecule has 1 atom stereocenters. The SMILES string of the molecule is COc1ccc(-c2noc([C@@H]3CCCN3C(=O)c3ccc(F)c(Cl)c3)n2)cc1OC. The van der Waals surface area contributed by atoms with Crippen molar-refractivity contribution >= 4 is 17.5 Å². The molecule has 0 unspecified atom stereocenters. The van der Waals surface area contributed by atoms with Crippen molar-refractivity contribution in [3.63, 3.8) is 0 Å². The van der Waals surface area contributed by atoms with Crippen molar-refractivity contribution in [3.05, 3.63) is 58.7 Å². The van der Waals surface area contributed by atoms with Gasteiger partial charge in [0.1, 0.15) is 11.9 Å². The van der Waals surface area contributed by atoms with Crippen LogP contribution in [0.15, 0.2) is 40.9 Å². The maximum Gasteiger partial charge on any atom is 0.254 e. The van der Waals surface area contributed by atoms with Crippen LogP contribution in [0.1, 0.15) is 35.1 Å². The third-order valence-electron chi connectivity index (χ3n) is 5.05. The Morgan fingerprint density at radius 3 is 2.73 bits per heavy atom. The van der Waals surface area contributed by atoms with Crippen molar-refractivity contribution in [2.45, 2.75) is 18.9 Å². The molecule has 0 N–H and O–H groups in total. The maximum atomic E-state index is 13.4. The number of carbonyl (C=O) groups is 1. The molecule has 4 rings (SSSR count). The number of hydrogen-bond donors (Lipinski definition) is 0. The smallest absolute Gasteiger partial charge is 0.254 e. The van der Waals surface area contributed by atoms with Gasteiger partial charge in [0.2, 0.25) is 11.7 Å². The number of rotatable bonds is 5. The van der Waals surface area contributed by atoms with Crippen LogP contribution < -0.4 is 9.47 Å². The molecule has 2 heterocycles. The molecule has 0 radical (unpaired) electrons. The molecule has 1 aliphatic rings. The van der Waals surface area contributed by atoms with Gasteiger partial charge in [-0.3, -0.25) is 4.79 Å². The van der Waals surface area contributed by atoms with Crippen LogP contribution in [0.4, 0.5) is 4.39 Å². The number of methoxy groups -OCH3 is 2. The average molecular weight is 432 g/mol. The molecule has 1 aromatic heterocycles. The van der Waals surface area contributed by atoms with Gasteiger partial charge < -0.3 is 18.9 Å². The molecule has 9 heteroatoms. The molecule has 0 bridgehead atoms. The third kappa shape index (κ3) is 3.70. The quantitative estimate of drug-likeness (QED) is 0.591. The lowest BCUT2D eigenvalue weighted by Crippen LogP contribution is -2.30. The van der Waals surface area contributed by atoms with Gasteiger partial charge in [0.05, 0.1) is 19.2 Å².